The van der Waals surface area contributed by atoms with E-state index in [0.717, 1.165) is 16.7 Å². The van der Waals surface area contributed by atoms with Crippen LogP contribution in [0, 0.1) is 13.8 Å². The number of benzene rings is 1. The smallest absolute Gasteiger partial charge is 0.183 e. The number of rotatable bonds is 2. The van der Waals surface area contributed by atoms with Gasteiger partial charge in [-0.3, -0.25) is 0 Å². The Labute approximate surface area is 103 Å². The Hall–Kier alpha value is -0.870. The first-order valence-electron chi connectivity index (χ1n) is 5.95. The molecule has 0 aromatic heterocycles. The molecule has 94 valence electrons. The summed E-state index contributed by atoms with van der Waals surface area (Å²) in [7, 11) is -1.33. The second-order valence-electron chi connectivity index (χ2n) is 4.73. The highest BCUT2D eigenvalue weighted by atomic mass is 32.2. The van der Waals surface area contributed by atoms with Gasteiger partial charge in [0.05, 0.1) is 16.2 Å². The molecule has 1 aromatic carbocycles. The lowest BCUT2D eigenvalue weighted by Crippen LogP contribution is -2.28. The summed E-state index contributed by atoms with van der Waals surface area (Å²) in [6.07, 6.45) is 0.639. The summed E-state index contributed by atoms with van der Waals surface area (Å²) in [6, 6.07) is 3.76. The normalized spacial score (nSPS) is 25.9. The van der Waals surface area contributed by atoms with Gasteiger partial charge in [0.25, 0.3) is 0 Å². The molecule has 1 aliphatic heterocycles. The average molecular weight is 253 g/mol. The summed E-state index contributed by atoms with van der Waals surface area (Å²) in [5, 5.41) is 2.81. The lowest BCUT2D eigenvalue weighted by Gasteiger charge is -2.16. The molecule has 0 bridgehead atoms. The van der Waals surface area contributed by atoms with E-state index in [1.54, 1.807) is 0 Å². The van der Waals surface area contributed by atoms with E-state index in [1.165, 1.54) is 0 Å². The predicted octanol–water partition coefficient (Wildman–Crippen LogP) is 2.13. The van der Waals surface area contributed by atoms with Crippen molar-refractivity contribution < 1.29 is 8.42 Å². The molecule has 1 heterocycles. The van der Waals surface area contributed by atoms with Crippen LogP contribution < -0.4 is 5.32 Å². The average Bonchev–Trinajstić information content (AvgIpc) is 2.47. The monoisotopic (exact) mass is 253 g/mol. The molecule has 4 heteroatoms. The first-order chi connectivity index (χ1) is 7.93. The van der Waals surface area contributed by atoms with Crippen molar-refractivity contribution in [1.82, 2.24) is 5.32 Å². The molecule has 0 saturated heterocycles. The number of fused-ring (bicyclic) bond motifs is 1. The van der Waals surface area contributed by atoms with Crippen molar-refractivity contribution in [3.05, 3.63) is 28.8 Å². The molecule has 0 saturated carbocycles. The maximum absolute atomic E-state index is 12.4. The standard InChI is InChI=1S/C13H19NO2S/c1-5-11-13(14-4)10-6-8(2)9(3)7-12(10)17(11,15)16/h6-7,11,13-14H,5H2,1-4H3. The maximum atomic E-state index is 12.4. The summed E-state index contributed by atoms with van der Waals surface area (Å²) in [5.41, 5.74) is 3.12. The van der Waals surface area contributed by atoms with Crippen LogP contribution in [-0.2, 0) is 9.84 Å². The van der Waals surface area contributed by atoms with Crippen LogP contribution in [0.15, 0.2) is 17.0 Å². The highest BCUT2D eigenvalue weighted by molar-refractivity contribution is 7.92. The second kappa shape index (κ2) is 4.10. The van der Waals surface area contributed by atoms with Crippen LogP contribution in [0.5, 0.6) is 0 Å². The van der Waals surface area contributed by atoms with E-state index in [-0.39, 0.29) is 11.3 Å². The van der Waals surface area contributed by atoms with Gasteiger partial charge in [-0.25, -0.2) is 8.42 Å². The Bertz CT molecular complexity index is 549. The number of aryl methyl sites for hydroxylation is 2. The topological polar surface area (TPSA) is 46.2 Å². The van der Waals surface area contributed by atoms with Crippen LogP contribution in [0.3, 0.4) is 0 Å². The van der Waals surface area contributed by atoms with Gasteiger partial charge in [0.1, 0.15) is 0 Å². The summed E-state index contributed by atoms with van der Waals surface area (Å²) in [5.74, 6) is 0. The number of sulfone groups is 1. The Kier molecular flexibility index (Phi) is 3.04. The molecule has 3 nitrogen and oxygen atoms in total. The fourth-order valence-corrected chi connectivity index (χ4v) is 4.90. The van der Waals surface area contributed by atoms with Gasteiger partial charge in [0.2, 0.25) is 0 Å². The number of hydrogen-bond donors (Lipinski definition) is 1. The maximum Gasteiger partial charge on any atom is 0.183 e. The van der Waals surface area contributed by atoms with E-state index in [1.807, 2.05) is 40.0 Å². The van der Waals surface area contributed by atoms with Gasteiger partial charge >= 0.3 is 0 Å². The van der Waals surface area contributed by atoms with E-state index in [2.05, 4.69) is 5.32 Å². The molecule has 2 unspecified atom stereocenters. The van der Waals surface area contributed by atoms with Gasteiger partial charge in [-0.15, -0.1) is 0 Å². The van der Waals surface area contributed by atoms with E-state index in [4.69, 9.17) is 0 Å². The van der Waals surface area contributed by atoms with Crippen LogP contribution >= 0.6 is 0 Å². The van der Waals surface area contributed by atoms with E-state index >= 15 is 0 Å². The third-order valence-electron chi connectivity index (χ3n) is 3.75. The third-order valence-corrected chi connectivity index (χ3v) is 6.12. The SMILES string of the molecule is CCC1C(NC)c2cc(C)c(C)cc2S1(=O)=O. The second-order valence-corrected chi connectivity index (χ2v) is 6.87. The van der Waals surface area contributed by atoms with Crippen molar-refractivity contribution >= 4 is 9.84 Å². The zero-order valence-corrected chi connectivity index (χ0v) is 11.6. The summed E-state index contributed by atoms with van der Waals surface area (Å²) in [6.45, 7) is 5.91. The largest absolute Gasteiger partial charge is 0.312 e. The molecule has 17 heavy (non-hydrogen) atoms. The Morgan fingerprint density at radius 1 is 1.24 bits per heavy atom. The van der Waals surface area contributed by atoms with E-state index in [9.17, 15) is 8.42 Å². The van der Waals surface area contributed by atoms with Crippen molar-refractivity contribution in [1.29, 1.82) is 0 Å². The molecule has 2 atom stereocenters. The van der Waals surface area contributed by atoms with Crippen LogP contribution in [0.25, 0.3) is 0 Å². The lowest BCUT2D eigenvalue weighted by atomic mass is 9.98. The zero-order chi connectivity index (χ0) is 12.8. The van der Waals surface area contributed by atoms with Crippen molar-refractivity contribution in [2.24, 2.45) is 0 Å². The quantitative estimate of drug-likeness (QED) is 0.878. The minimum absolute atomic E-state index is 0.0701. The Balaban J connectivity index is 2.72. The first kappa shape index (κ1) is 12.6. The summed E-state index contributed by atoms with van der Waals surface area (Å²) in [4.78, 5) is 0.520. The van der Waals surface area contributed by atoms with Gasteiger partial charge in [0, 0.05) is 0 Å². The highest BCUT2D eigenvalue weighted by Gasteiger charge is 2.43. The number of nitrogens with one attached hydrogen (secondary N) is 1. The molecule has 1 N–H and O–H groups in total. The highest BCUT2D eigenvalue weighted by Crippen LogP contribution is 2.41. The van der Waals surface area contributed by atoms with Crippen molar-refractivity contribution in [2.45, 2.75) is 43.4 Å². The molecule has 1 aliphatic rings. The fourth-order valence-electron chi connectivity index (χ4n) is 2.64. The molecule has 0 amide bonds. The summed E-state index contributed by atoms with van der Waals surface area (Å²) < 4.78 is 24.8. The molecular weight excluding hydrogens is 234 g/mol. The van der Waals surface area contributed by atoms with Crippen molar-refractivity contribution in [3.63, 3.8) is 0 Å². The van der Waals surface area contributed by atoms with Crippen molar-refractivity contribution in [3.8, 4) is 0 Å². The molecule has 0 fully saturated rings. The molecule has 0 spiro atoms. The fraction of sp³-hybridized carbons (Fsp3) is 0.538. The van der Waals surface area contributed by atoms with Crippen LogP contribution in [0.4, 0.5) is 0 Å². The molecule has 2 rings (SSSR count). The van der Waals surface area contributed by atoms with E-state index < -0.39 is 9.84 Å². The number of hydrogen-bond acceptors (Lipinski definition) is 3. The minimum atomic E-state index is -3.16. The van der Waals surface area contributed by atoms with Gasteiger partial charge in [-0.05, 0) is 50.1 Å². The van der Waals surface area contributed by atoms with Gasteiger partial charge in [-0.2, -0.15) is 0 Å². The van der Waals surface area contributed by atoms with Crippen LogP contribution in [0.2, 0.25) is 0 Å². The van der Waals surface area contributed by atoms with Gasteiger partial charge < -0.3 is 5.32 Å². The molecule has 0 aliphatic carbocycles. The van der Waals surface area contributed by atoms with Gasteiger partial charge in [-0.1, -0.05) is 13.0 Å². The van der Waals surface area contributed by atoms with Crippen LogP contribution in [-0.4, -0.2) is 20.7 Å². The first-order valence-corrected chi connectivity index (χ1v) is 7.50. The Morgan fingerprint density at radius 3 is 2.35 bits per heavy atom. The van der Waals surface area contributed by atoms with Gasteiger partial charge in [0.15, 0.2) is 9.84 Å². The molecule has 0 radical (unpaired) electrons. The lowest BCUT2D eigenvalue weighted by molar-refractivity contribution is 0.528. The molecular formula is C13H19NO2S. The van der Waals surface area contributed by atoms with Crippen molar-refractivity contribution in [2.75, 3.05) is 7.05 Å². The zero-order valence-electron chi connectivity index (χ0n) is 10.7. The minimum Gasteiger partial charge on any atom is -0.312 e. The summed E-state index contributed by atoms with van der Waals surface area (Å²) >= 11 is 0. The van der Waals surface area contributed by atoms with Crippen LogP contribution in [0.1, 0.15) is 36.1 Å². The Morgan fingerprint density at radius 2 is 1.82 bits per heavy atom. The van der Waals surface area contributed by atoms with E-state index in [0.29, 0.717) is 11.3 Å². The molecule has 1 aromatic rings. The predicted molar refractivity (Wildman–Crippen MR) is 69.0 cm³/mol. The third kappa shape index (κ3) is 1.70.